The lowest BCUT2D eigenvalue weighted by atomic mass is 10.1. The van der Waals surface area contributed by atoms with Crippen LogP contribution in [0, 0.1) is 0 Å². The number of carbonyl (C=O) groups excluding carboxylic acids is 1. The summed E-state index contributed by atoms with van der Waals surface area (Å²) in [7, 11) is -0.398. The molecule has 1 aliphatic heterocycles. The number of fused-ring (bicyclic) bond motifs is 1. The molecule has 1 amide bonds. The van der Waals surface area contributed by atoms with Gasteiger partial charge in [0, 0.05) is 18.3 Å². The van der Waals surface area contributed by atoms with Crippen LogP contribution in [0.25, 0.3) is 11.3 Å². The lowest BCUT2D eigenvalue weighted by molar-refractivity contribution is 0.0719. The molecule has 0 fully saturated rings. The van der Waals surface area contributed by atoms with Gasteiger partial charge >= 0.3 is 0 Å². The molecule has 8 heteroatoms. The van der Waals surface area contributed by atoms with Gasteiger partial charge in [-0.3, -0.25) is 4.79 Å². The van der Waals surface area contributed by atoms with Crippen LogP contribution in [0.4, 0.5) is 5.69 Å². The minimum absolute atomic E-state index is 0.0843. The van der Waals surface area contributed by atoms with Crippen molar-refractivity contribution >= 4 is 21.6 Å². The summed E-state index contributed by atoms with van der Waals surface area (Å²) < 4.78 is 32.0. The lowest BCUT2D eigenvalue weighted by Crippen LogP contribution is -2.39. The van der Waals surface area contributed by atoms with Gasteiger partial charge in [0.25, 0.3) is 5.91 Å². The van der Waals surface area contributed by atoms with Crippen molar-refractivity contribution < 1.29 is 17.6 Å². The molecule has 1 atom stereocenters. The predicted octanol–water partition coefficient (Wildman–Crippen LogP) is 3.05. The number of carbonyl (C=O) groups is 1. The predicted molar refractivity (Wildman–Crippen MR) is 105 cm³/mol. The van der Waals surface area contributed by atoms with Gasteiger partial charge in [0.2, 0.25) is 10.0 Å². The van der Waals surface area contributed by atoms with Gasteiger partial charge in [-0.05, 0) is 55.6 Å². The molecule has 0 saturated carbocycles. The van der Waals surface area contributed by atoms with Gasteiger partial charge in [0.15, 0.2) is 6.17 Å². The molecular weight excluding hydrogens is 378 g/mol. The molecule has 2 aromatic carbocycles. The van der Waals surface area contributed by atoms with Gasteiger partial charge in [0.05, 0.1) is 10.5 Å². The summed E-state index contributed by atoms with van der Waals surface area (Å²) >= 11 is 0. The summed E-state index contributed by atoms with van der Waals surface area (Å²) in [6, 6.07) is 17.4. The van der Waals surface area contributed by atoms with Crippen molar-refractivity contribution in [3.8, 4) is 11.3 Å². The van der Waals surface area contributed by atoms with E-state index in [4.69, 9.17) is 4.42 Å². The third kappa shape index (κ3) is 3.06. The highest BCUT2D eigenvalue weighted by atomic mass is 32.2. The van der Waals surface area contributed by atoms with E-state index in [1.54, 1.807) is 36.2 Å². The van der Waals surface area contributed by atoms with Crippen LogP contribution in [0.2, 0.25) is 0 Å². The summed E-state index contributed by atoms with van der Waals surface area (Å²) in [5.74, 6) is 1.09. The highest BCUT2D eigenvalue weighted by Crippen LogP contribution is 2.34. The van der Waals surface area contributed by atoms with Gasteiger partial charge in [-0.2, -0.15) is 0 Å². The molecule has 0 aliphatic carbocycles. The number of para-hydroxylation sites is 1. The SMILES string of the molecule is CNS(=O)(=O)c1ccc(-c2ccc(C3Nc4ccccc4C(=O)N3C)o2)cc1. The molecule has 3 aromatic rings. The van der Waals surface area contributed by atoms with E-state index in [-0.39, 0.29) is 10.8 Å². The van der Waals surface area contributed by atoms with Crippen LogP contribution in [0.15, 0.2) is 70.0 Å². The highest BCUT2D eigenvalue weighted by Gasteiger charge is 2.32. The Kier molecular flexibility index (Phi) is 4.44. The first-order valence-electron chi connectivity index (χ1n) is 8.67. The van der Waals surface area contributed by atoms with Gasteiger partial charge in [-0.25, -0.2) is 13.1 Å². The number of hydrogen-bond donors (Lipinski definition) is 2. The van der Waals surface area contributed by atoms with Crippen LogP contribution in [-0.2, 0) is 10.0 Å². The van der Waals surface area contributed by atoms with Crippen LogP contribution in [-0.4, -0.2) is 33.3 Å². The number of anilines is 1. The van der Waals surface area contributed by atoms with Crippen LogP contribution in [0.5, 0.6) is 0 Å². The lowest BCUT2D eigenvalue weighted by Gasteiger charge is -2.33. The van der Waals surface area contributed by atoms with Gasteiger partial charge < -0.3 is 14.6 Å². The molecule has 28 heavy (non-hydrogen) atoms. The van der Waals surface area contributed by atoms with Crippen LogP contribution in [0.3, 0.4) is 0 Å². The fourth-order valence-corrected chi connectivity index (χ4v) is 3.91. The monoisotopic (exact) mass is 397 g/mol. The van der Waals surface area contributed by atoms with Crippen molar-refractivity contribution in [1.82, 2.24) is 9.62 Å². The number of furan rings is 1. The maximum Gasteiger partial charge on any atom is 0.257 e. The zero-order chi connectivity index (χ0) is 19.9. The molecule has 1 unspecified atom stereocenters. The zero-order valence-corrected chi connectivity index (χ0v) is 16.2. The molecule has 1 aliphatic rings. The smallest absolute Gasteiger partial charge is 0.257 e. The van der Waals surface area contributed by atoms with E-state index in [1.807, 2.05) is 24.3 Å². The molecule has 2 N–H and O–H groups in total. The Morgan fingerprint density at radius 1 is 1.04 bits per heavy atom. The molecule has 0 spiro atoms. The van der Waals surface area contributed by atoms with Crippen molar-refractivity contribution in [1.29, 1.82) is 0 Å². The second kappa shape index (κ2) is 6.81. The number of hydrogen-bond acceptors (Lipinski definition) is 5. The summed E-state index contributed by atoms with van der Waals surface area (Å²) in [6.07, 6.45) is -0.430. The third-order valence-corrected chi connectivity index (χ3v) is 6.20. The molecule has 0 saturated heterocycles. The Balaban J connectivity index is 1.62. The van der Waals surface area contributed by atoms with E-state index in [1.165, 1.54) is 19.2 Å². The summed E-state index contributed by atoms with van der Waals surface area (Å²) in [4.78, 5) is 14.4. The minimum Gasteiger partial charge on any atom is -0.457 e. The number of amides is 1. The largest absolute Gasteiger partial charge is 0.457 e. The highest BCUT2D eigenvalue weighted by molar-refractivity contribution is 7.89. The number of rotatable bonds is 4. The second-order valence-electron chi connectivity index (χ2n) is 6.44. The Morgan fingerprint density at radius 3 is 2.46 bits per heavy atom. The first-order chi connectivity index (χ1) is 13.4. The average Bonchev–Trinajstić information content (AvgIpc) is 3.21. The summed E-state index contributed by atoms with van der Waals surface area (Å²) in [6.45, 7) is 0. The normalized spacial score (nSPS) is 16.6. The van der Waals surface area contributed by atoms with Gasteiger partial charge in [0.1, 0.15) is 11.5 Å². The molecule has 144 valence electrons. The molecule has 1 aromatic heterocycles. The maximum atomic E-state index is 12.6. The van der Waals surface area contributed by atoms with E-state index < -0.39 is 16.2 Å². The average molecular weight is 397 g/mol. The Morgan fingerprint density at radius 2 is 1.75 bits per heavy atom. The quantitative estimate of drug-likeness (QED) is 0.706. The second-order valence-corrected chi connectivity index (χ2v) is 8.33. The number of benzene rings is 2. The van der Waals surface area contributed by atoms with Gasteiger partial charge in [-0.15, -0.1) is 0 Å². The minimum atomic E-state index is -3.49. The van der Waals surface area contributed by atoms with Crippen molar-refractivity contribution in [2.75, 3.05) is 19.4 Å². The maximum absolute atomic E-state index is 12.6. The third-order valence-electron chi connectivity index (χ3n) is 4.77. The molecular formula is C20H19N3O4S. The van der Waals surface area contributed by atoms with E-state index in [2.05, 4.69) is 10.0 Å². The fraction of sp³-hybridized carbons (Fsp3) is 0.150. The van der Waals surface area contributed by atoms with Crippen molar-refractivity contribution in [2.45, 2.75) is 11.1 Å². The van der Waals surface area contributed by atoms with Crippen molar-refractivity contribution in [3.63, 3.8) is 0 Å². The van der Waals surface area contributed by atoms with Crippen molar-refractivity contribution in [2.24, 2.45) is 0 Å². The Labute approximate surface area is 163 Å². The number of nitrogens with one attached hydrogen (secondary N) is 2. The molecule has 4 rings (SSSR count). The topological polar surface area (TPSA) is 91.7 Å². The number of sulfonamides is 1. The summed E-state index contributed by atoms with van der Waals surface area (Å²) in [5, 5.41) is 3.32. The first-order valence-corrected chi connectivity index (χ1v) is 10.2. The van der Waals surface area contributed by atoms with Gasteiger partial charge in [-0.1, -0.05) is 12.1 Å². The summed E-state index contributed by atoms with van der Waals surface area (Å²) in [5.41, 5.74) is 2.12. The first kappa shape index (κ1) is 18.3. The Bertz CT molecular complexity index is 1140. The molecule has 0 radical (unpaired) electrons. The van der Waals surface area contributed by atoms with E-state index in [9.17, 15) is 13.2 Å². The van der Waals surface area contributed by atoms with Crippen LogP contribution < -0.4 is 10.0 Å². The Hall–Kier alpha value is -3.10. The fourth-order valence-electron chi connectivity index (χ4n) is 3.18. The molecule has 0 bridgehead atoms. The zero-order valence-electron chi connectivity index (χ0n) is 15.3. The molecule has 2 heterocycles. The van der Waals surface area contributed by atoms with E-state index in [0.29, 0.717) is 17.1 Å². The molecule has 7 nitrogen and oxygen atoms in total. The van der Waals surface area contributed by atoms with Crippen LogP contribution in [0.1, 0.15) is 22.3 Å². The van der Waals surface area contributed by atoms with E-state index in [0.717, 1.165) is 11.3 Å². The van der Waals surface area contributed by atoms with E-state index >= 15 is 0 Å². The van der Waals surface area contributed by atoms with Crippen LogP contribution >= 0.6 is 0 Å². The number of nitrogens with zero attached hydrogens (tertiary/aromatic N) is 1. The standard InChI is InChI=1S/C20H19N3O4S/c1-21-28(25,26)14-9-7-13(8-10-14)17-11-12-18(27-17)19-22-16-6-4-3-5-15(16)20(24)23(19)2/h3-12,19,21-22H,1-2H3. The van der Waals surface area contributed by atoms with Crippen molar-refractivity contribution in [3.05, 3.63) is 72.0 Å².